The maximum atomic E-state index is 11.8. The van der Waals surface area contributed by atoms with Crippen LogP contribution in [0.3, 0.4) is 0 Å². The van der Waals surface area contributed by atoms with Gasteiger partial charge < -0.3 is 10.2 Å². The van der Waals surface area contributed by atoms with E-state index in [-0.39, 0.29) is 5.91 Å². The number of carbonyl (C=O) groups excluding carboxylic acids is 1. The van der Waals surface area contributed by atoms with Crippen molar-refractivity contribution >= 4 is 17.3 Å². The molecule has 20 heavy (non-hydrogen) atoms. The molecule has 1 aliphatic rings. The van der Waals surface area contributed by atoms with Gasteiger partial charge in [-0.2, -0.15) is 5.26 Å². The third kappa shape index (κ3) is 2.83. The summed E-state index contributed by atoms with van der Waals surface area (Å²) in [5.41, 5.74) is 2.93. The molecule has 1 heterocycles. The number of nitrogens with zero attached hydrogens (tertiary/aromatic N) is 2. The van der Waals surface area contributed by atoms with E-state index in [1.54, 1.807) is 0 Å². The second kappa shape index (κ2) is 6.25. The zero-order valence-corrected chi connectivity index (χ0v) is 11.9. The van der Waals surface area contributed by atoms with Crippen LogP contribution in [0.5, 0.6) is 0 Å². The molecule has 1 aromatic carbocycles. The quantitative estimate of drug-likeness (QED) is 0.913. The van der Waals surface area contributed by atoms with Crippen LogP contribution in [0, 0.1) is 17.2 Å². The minimum Gasteiger partial charge on any atom is -0.372 e. The molecular formula is C16H19N3O. The lowest BCUT2D eigenvalue weighted by Crippen LogP contribution is -2.32. The van der Waals surface area contributed by atoms with Gasteiger partial charge in [0.15, 0.2) is 0 Å². The highest BCUT2D eigenvalue weighted by Gasteiger charge is 2.23. The minimum absolute atomic E-state index is 0.210. The molecule has 0 bridgehead atoms. The molecule has 0 aliphatic carbocycles. The van der Waals surface area contributed by atoms with E-state index in [0.29, 0.717) is 6.42 Å². The Labute approximate surface area is 119 Å². The van der Waals surface area contributed by atoms with Crippen LogP contribution in [0.15, 0.2) is 30.3 Å². The summed E-state index contributed by atoms with van der Waals surface area (Å²) in [7, 11) is 0. The topological polar surface area (TPSA) is 56.1 Å². The minimum atomic E-state index is -0.565. The Hall–Kier alpha value is -2.28. The van der Waals surface area contributed by atoms with Crippen molar-refractivity contribution in [3.05, 3.63) is 35.9 Å². The molecule has 1 aliphatic heterocycles. The number of nitrogens with one attached hydrogen (secondary N) is 1. The zero-order valence-electron chi connectivity index (χ0n) is 11.9. The van der Waals surface area contributed by atoms with E-state index in [9.17, 15) is 4.79 Å². The van der Waals surface area contributed by atoms with Crippen LogP contribution >= 0.6 is 0 Å². The standard InChI is InChI=1S/C16H19N3O/c1-3-19(4-2)14-7-5-6-12(10-14)15-9-8-13(11-17)16(20)18-15/h5-7,9-10,13H,3-4,8H2,1-2H3,(H,18,20). The predicted molar refractivity (Wildman–Crippen MR) is 79.8 cm³/mol. The van der Waals surface area contributed by atoms with Gasteiger partial charge in [0, 0.05) is 24.5 Å². The van der Waals surface area contributed by atoms with Gasteiger partial charge in [0.1, 0.15) is 5.92 Å². The number of amides is 1. The summed E-state index contributed by atoms with van der Waals surface area (Å²) in [5, 5.41) is 11.7. The van der Waals surface area contributed by atoms with Gasteiger partial charge in [0.05, 0.1) is 6.07 Å². The third-order valence-electron chi connectivity index (χ3n) is 3.57. The molecular weight excluding hydrogens is 250 g/mol. The molecule has 0 spiro atoms. The summed E-state index contributed by atoms with van der Waals surface area (Å²) in [5.74, 6) is -0.775. The first-order valence-corrected chi connectivity index (χ1v) is 6.95. The molecule has 0 aromatic heterocycles. The SMILES string of the molecule is CCN(CC)c1cccc(C2=CCC(C#N)C(=O)N2)c1. The first-order chi connectivity index (χ1) is 9.69. The smallest absolute Gasteiger partial charge is 0.242 e. The molecule has 0 saturated heterocycles. The van der Waals surface area contributed by atoms with Crippen molar-refractivity contribution in [1.82, 2.24) is 5.32 Å². The van der Waals surface area contributed by atoms with Gasteiger partial charge in [-0.1, -0.05) is 18.2 Å². The number of nitriles is 1. The lowest BCUT2D eigenvalue weighted by atomic mass is 9.99. The third-order valence-corrected chi connectivity index (χ3v) is 3.57. The monoisotopic (exact) mass is 269 g/mol. The first kappa shape index (κ1) is 14.1. The Bertz CT molecular complexity index is 567. The molecule has 1 N–H and O–H groups in total. The van der Waals surface area contributed by atoms with Crippen LogP contribution in [0.25, 0.3) is 5.70 Å². The molecule has 1 unspecified atom stereocenters. The Balaban J connectivity index is 2.26. The molecule has 1 atom stereocenters. The maximum absolute atomic E-state index is 11.8. The average Bonchev–Trinajstić information content (AvgIpc) is 2.49. The Morgan fingerprint density at radius 3 is 2.75 bits per heavy atom. The van der Waals surface area contributed by atoms with Crippen molar-refractivity contribution in [3.63, 3.8) is 0 Å². The molecule has 1 amide bonds. The van der Waals surface area contributed by atoms with Crippen molar-refractivity contribution in [3.8, 4) is 6.07 Å². The average molecular weight is 269 g/mol. The van der Waals surface area contributed by atoms with Crippen LogP contribution < -0.4 is 10.2 Å². The van der Waals surface area contributed by atoms with E-state index in [0.717, 1.165) is 30.0 Å². The second-order valence-electron chi connectivity index (χ2n) is 4.75. The van der Waals surface area contributed by atoms with E-state index in [1.807, 2.05) is 24.3 Å². The molecule has 4 nitrogen and oxygen atoms in total. The molecule has 0 radical (unpaired) electrons. The molecule has 104 valence electrons. The van der Waals surface area contributed by atoms with Gasteiger partial charge in [0.2, 0.25) is 5.91 Å². The summed E-state index contributed by atoms with van der Waals surface area (Å²) >= 11 is 0. The van der Waals surface area contributed by atoms with Gasteiger partial charge >= 0.3 is 0 Å². The van der Waals surface area contributed by atoms with Gasteiger partial charge in [0.25, 0.3) is 0 Å². The lowest BCUT2D eigenvalue weighted by molar-refractivity contribution is -0.122. The number of hydrogen-bond donors (Lipinski definition) is 1. The van der Waals surface area contributed by atoms with Crippen LogP contribution in [0.4, 0.5) is 5.69 Å². The molecule has 2 rings (SSSR count). The van der Waals surface area contributed by atoms with E-state index < -0.39 is 5.92 Å². The van der Waals surface area contributed by atoms with Crippen molar-refractivity contribution in [2.45, 2.75) is 20.3 Å². The Morgan fingerprint density at radius 2 is 2.15 bits per heavy atom. The highest BCUT2D eigenvalue weighted by atomic mass is 16.1. The molecule has 0 saturated carbocycles. The lowest BCUT2D eigenvalue weighted by Gasteiger charge is -2.23. The molecule has 1 aromatic rings. The van der Waals surface area contributed by atoms with E-state index >= 15 is 0 Å². The summed E-state index contributed by atoms with van der Waals surface area (Å²) in [6, 6.07) is 10.1. The highest BCUT2D eigenvalue weighted by Crippen LogP contribution is 2.24. The maximum Gasteiger partial charge on any atom is 0.242 e. The summed E-state index contributed by atoms with van der Waals surface area (Å²) in [6.07, 6.45) is 2.41. The van der Waals surface area contributed by atoms with E-state index in [1.165, 1.54) is 0 Å². The number of benzene rings is 1. The van der Waals surface area contributed by atoms with Crippen molar-refractivity contribution in [1.29, 1.82) is 5.26 Å². The van der Waals surface area contributed by atoms with Crippen molar-refractivity contribution in [2.75, 3.05) is 18.0 Å². The fourth-order valence-electron chi connectivity index (χ4n) is 2.37. The number of anilines is 1. The number of allylic oxidation sites excluding steroid dienone is 1. The van der Waals surface area contributed by atoms with Gasteiger partial charge in [-0.05, 0) is 38.0 Å². The zero-order chi connectivity index (χ0) is 14.5. The van der Waals surface area contributed by atoms with Gasteiger partial charge in [-0.3, -0.25) is 4.79 Å². The second-order valence-corrected chi connectivity index (χ2v) is 4.75. The number of rotatable bonds is 4. The van der Waals surface area contributed by atoms with Crippen molar-refractivity contribution < 1.29 is 4.79 Å². The van der Waals surface area contributed by atoms with Crippen LogP contribution in [-0.4, -0.2) is 19.0 Å². The predicted octanol–water partition coefficient (Wildman–Crippen LogP) is 2.53. The number of carbonyl (C=O) groups is 1. The fourth-order valence-corrected chi connectivity index (χ4v) is 2.37. The Kier molecular flexibility index (Phi) is 4.41. The first-order valence-electron chi connectivity index (χ1n) is 6.95. The summed E-state index contributed by atoms with van der Waals surface area (Å²) < 4.78 is 0. The Morgan fingerprint density at radius 1 is 1.40 bits per heavy atom. The molecule has 4 heteroatoms. The number of hydrogen-bond acceptors (Lipinski definition) is 3. The van der Waals surface area contributed by atoms with E-state index in [2.05, 4.69) is 36.2 Å². The normalized spacial score (nSPS) is 17.9. The van der Waals surface area contributed by atoms with Crippen LogP contribution in [0.1, 0.15) is 25.8 Å². The van der Waals surface area contributed by atoms with Crippen LogP contribution in [0.2, 0.25) is 0 Å². The van der Waals surface area contributed by atoms with Gasteiger partial charge in [-0.15, -0.1) is 0 Å². The van der Waals surface area contributed by atoms with Crippen LogP contribution in [-0.2, 0) is 4.79 Å². The molecule has 0 fully saturated rings. The largest absolute Gasteiger partial charge is 0.372 e. The highest BCUT2D eigenvalue weighted by molar-refractivity contribution is 5.92. The van der Waals surface area contributed by atoms with Gasteiger partial charge in [-0.25, -0.2) is 0 Å². The summed E-state index contributed by atoms with van der Waals surface area (Å²) in [6.45, 7) is 6.13. The van der Waals surface area contributed by atoms with E-state index in [4.69, 9.17) is 5.26 Å². The summed E-state index contributed by atoms with van der Waals surface area (Å²) in [4.78, 5) is 14.0. The fraction of sp³-hybridized carbons (Fsp3) is 0.375. The van der Waals surface area contributed by atoms with Crippen molar-refractivity contribution in [2.24, 2.45) is 5.92 Å².